The topological polar surface area (TPSA) is 49.8 Å². The van der Waals surface area contributed by atoms with Gasteiger partial charge in [-0.05, 0) is 37.3 Å². The van der Waals surface area contributed by atoms with E-state index in [1.54, 1.807) is 0 Å². The van der Waals surface area contributed by atoms with Crippen molar-refractivity contribution in [1.29, 1.82) is 0 Å². The van der Waals surface area contributed by atoms with Gasteiger partial charge in [0.1, 0.15) is 5.75 Å². The lowest BCUT2D eigenvalue weighted by Crippen LogP contribution is -2.32. The maximum Gasteiger partial charge on any atom is 0.260 e. The van der Waals surface area contributed by atoms with Crippen molar-refractivity contribution in [3.8, 4) is 5.75 Å². The van der Waals surface area contributed by atoms with Crippen molar-refractivity contribution in [2.75, 3.05) is 19.7 Å². The molecule has 0 bridgehead atoms. The quantitative estimate of drug-likeness (QED) is 0.900. The Morgan fingerprint density at radius 1 is 1.37 bits per heavy atom. The number of likely N-dealkylation sites (tertiary alicyclic amines) is 1. The van der Waals surface area contributed by atoms with Crippen LogP contribution in [0.3, 0.4) is 0 Å². The predicted octanol–water partition coefficient (Wildman–Crippen LogP) is 1.67. The van der Waals surface area contributed by atoms with Crippen molar-refractivity contribution in [1.82, 2.24) is 4.90 Å². The predicted molar refractivity (Wildman–Crippen MR) is 71.0 cm³/mol. The average Bonchev–Trinajstić information content (AvgIpc) is 3.07. The van der Waals surface area contributed by atoms with E-state index in [2.05, 4.69) is 0 Å². The van der Waals surface area contributed by atoms with Crippen molar-refractivity contribution in [3.63, 3.8) is 0 Å². The maximum absolute atomic E-state index is 11.9. The van der Waals surface area contributed by atoms with Crippen LogP contribution in [-0.2, 0) is 11.2 Å². The van der Waals surface area contributed by atoms with Crippen molar-refractivity contribution >= 4 is 5.91 Å². The Balaban J connectivity index is 1.66. The SMILES string of the molecule is O=C(COc1cccc2c1CCC2O)N1CCCC1. The molecule has 0 saturated carbocycles. The highest BCUT2D eigenvalue weighted by Crippen LogP contribution is 2.36. The van der Waals surface area contributed by atoms with Gasteiger partial charge in [0.15, 0.2) is 6.61 Å². The molecule has 1 saturated heterocycles. The summed E-state index contributed by atoms with van der Waals surface area (Å²) < 4.78 is 5.67. The Morgan fingerprint density at radius 2 is 2.16 bits per heavy atom. The molecular formula is C15H19NO3. The molecule has 1 amide bonds. The van der Waals surface area contributed by atoms with E-state index in [0.29, 0.717) is 0 Å². The Hall–Kier alpha value is -1.55. The number of hydrogen-bond acceptors (Lipinski definition) is 3. The van der Waals surface area contributed by atoms with Gasteiger partial charge >= 0.3 is 0 Å². The molecule has 3 rings (SSSR count). The van der Waals surface area contributed by atoms with Gasteiger partial charge in [-0.3, -0.25) is 4.79 Å². The number of carbonyl (C=O) groups excluding carboxylic acids is 1. The number of hydrogen-bond donors (Lipinski definition) is 1. The molecule has 1 N–H and O–H groups in total. The fourth-order valence-electron chi connectivity index (χ4n) is 2.93. The lowest BCUT2D eigenvalue weighted by atomic mass is 10.1. The smallest absolute Gasteiger partial charge is 0.260 e. The van der Waals surface area contributed by atoms with Crippen molar-refractivity contribution in [2.24, 2.45) is 0 Å². The number of benzene rings is 1. The monoisotopic (exact) mass is 261 g/mol. The van der Waals surface area contributed by atoms with Gasteiger partial charge in [-0.1, -0.05) is 12.1 Å². The largest absolute Gasteiger partial charge is 0.483 e. The van der Waals surface area contributed by atoms with Crippen LogP contribution in [0.15, 0.2) is 18.2 Å². The molecule has 4 heteroatoms. The van der Waals surface area contributed by atoms with E-state index in [1.165, 1.54) is 0 Å². The summed E-state index contributed by atoms with van der Waals surface area (Å²) in [6.45, 7) is 1.81. The highest BCUT2D eigenvalue weighted by Gasteiger charge is 2.24. The van der Waals surface area contributed by atoms with E-state index >= 15 is 0 Å². The van der Waals surface area contributed by atoms with E-state index in [0.717, 1.165) is 55.6 Å². The van der Waals surface area contributed by atoms with Crippen LogP contribution in [-0.4, -0.2) is 35.6 Å². The number of aliphatic hydroxyl groups is 1. The molecule has 1 heterocycles. The van der Waals surface area contributed by atoms with Crippen LogP contribution >= 0.6 is 0 Å². The lowest BCUT2D eigenvalue weighted by Gasteiger charge is -2.16. The van der Waals surface area contributed by atoms with Gasteiger partial charge < -0.3 is 14.7 Å². The minimum atomic E-state index is -0.382. The van der Waals surface area contributed by atoms with E-state index in [1.807, 2.05) is 23.1 Å². The van der Waals surface area contributed by atoms with E-state index in [9.17, 15) is 9.90 Å². The van der Waals surface area contributed by atoms with Crippen LogP contribution in [0.5, 0.6) is 5.75 Å². The third-order valence-corrected chi connectivity index (χ3v) is 4.01. The minimum absolute atomic E-state index is 0.0636. The Bertz CT molecular complexity index is 480. The summed E-state index contributed by atoms with van der Waals surface area (Å²) in [5.74, 6) is 0.815. The zero-order valence-corrected chi connectivity index (χ0v) is 11.0. The van der Waals surface area contributed by atoms with Crippen molar-refractivity contribution in [2.45, 2.75) is 31.8 Å². The molecule has 1 aromatic carbocycles. The minimum Gasteiger partial charge on any atom is -0.483 e. The molecule has 4 nitrogen and oxygen atoms in total. The molecular weight excluding hydrogens is 242 g/mol. The number of amides is 1. The zero-order chi connectivity index (χ0) is 13.2. The first kappa shape index (κ1) is 12.5. The first-order valence-corrected chi connectivity index (χ1v) is 6.96. The fourth-order valence-corrected chi connectivity index (χ4v) is 2.93. The van der Waals surface area contributed by atoms with Gasteiger partial charge in [0.2, 0.25) is 0 Å². The molecule has 1 atom stereocenters. The summed E-state index contributed by atoms with van der Waals surface area (Å²) in [5.41, 5.74) is 2.01. The summed E-state index contributed by atoms with van der Waals surface area (Å²) in [7, 11) is 0. The molecule has 1 fully saturated rings. The Kier molecular flexibility index (Phi) is 3.42. The van der Waals surface area contributed by atoms with Crippen molar-refractivity contribution in [3.05, 3.63) is 29.3 Å². The van der Waals surface area contributed by atoms with E-state index in [-0.39, 0.29) is 18.6 Å². The zero-order valence-electron chi connectivity index (χ0n) is 11.0. The molecule has 1 aromatic rings. The van der Waals surface area contributed by atoms with Gasteiger partial charge in [-0.2, -0.15) is 0 Å². The molecule has 2 aliphatic rings. The van der Waals surface area contributed by atoms with Crippen molar-refractivity contribution < 1.29 is 14.6 Å². The van der Waals surface area contributed by atoms with E-state index in [4.69, 9.17) is 4.74 Å². The molecule has 0 spiro atoms. The number of nitrogens with zero attached hydrogens (tertiary/aromatic N) is 1. The van der Waals surface area contributed by atoms with Crippen LogP contribution < -0.4 is 4.74 Å². The summed E-state index contributed by atoms with van der Waals surface area (Å²) in [6, 6.07) is 5.69. The van der Waals surface area contributed by atoms with E-state index < -0.39 is 0 Å². The number of rotatable bonds is 3. The Morgan fingerprint density at radius 3 is 2.95 bits per heavy atom. The first-order chi connectivity index (χ1) is 9.25. The second-order valence-electron chi connectivity index (χ2n) is 5.25. The van der Waals surface area contributed by atoms with Crippen LogP contribution in [0.1, 0.15) is 36.5 Å². The molecule has 0 aromatic heterocycles. The summed E-state index contributed by atoms with van der Waals surface area (Å²) >= 11 is 0. The molecule has 1 aliphatic carbocycles. The van der Waals surface area contributed by atoms with Crippen LogP contribution in [0.4, 0.5) is 0 Å². The number of fused-ring (bicyclic) bond motifs is 1. The van der Waals surface area contributed by atoms with Crippen LogP contribution in [0.2, 0.25) is 0 Å². The third kappa shape index (κ3) is 2.45. The lowest BCUT2D eigenvalue weighted by molar-refractivity contribution is -0.132. The molecule has 0 radical (unpaired) electrons. The highest BCUT2D eigenvalue weighted by molar-refractivity contribution is 5.78. The van der Waals surface area contributed by atoms with Gasteiger partial charge in [0.05, 0.1) is 6.10 Å². The second-order valence-corrected chi connectivity index (χ2v) is 5.25. The molecule has 102 valence electrons. The normalized spacial score (nSPS) is 21.5. The van der Waals surface area contributed by atoms with Gasteiger partial charge in [0, 0.05) is 18.7 Å². The standard InChI is InChI=1S/C15H19NO3/c17-13-7-6-12-11(13)4-3-5-14(12)19-10-15(18)16-8-1-2-9-16/h3-5,13,17H,1-2,6-10H2. The molecule has 19 heavy (non-hydrogen) atoms. The Labute approximate surface area is 113 Å². The molecule has 1 unspecified atom stereocenters. The average molecular weight is 261 g/mol. The van der Waals surface area contributed by atoms with Crippen LogP contribution in [0.25, 0.3) is 0 Å². The van der Waals surface area contributed by atoms with Gasteiger partial charge in [-0.15, -0.1) is 0 Å². The second kappa shape index (κ2) is 5.21. The summed E-state index contributed by atoms with van der Waals surface area (Å²) in [4.78, 5) is 13.8. The summed E-state index contributed by atoms with van der Waals surface area (Å²) in [5, 5.41) is 9.83. The summed E-state index contributed by atoms with van der Waals surface area (Å²) in [6.07, 6.45) is 3.38. The third-order valence-electron chi connectivity index (χ3n) is 4.01. The fraction of sp³-hybridized carbons (Fsp3) is 0.533. The van der Waals surface area contributed by atoms with Gasteiger partial charge in [0.25, 0.3) is 5.91 Å². The molecule has 1 aliphatic heterocycles. The number of ether oxygens (including phenoxy) is 1. The number of carbonyl (C=O) groups is 1. The van der Waals surface area contributed by atoms with Gasteiger partial charge in [-0.25, -0.2) is 0 Å². The first-order valence-electron chi connectivity index (χ1n) is 6.96. The number of aliphatic hydroxyl groups excluding tert-OH is 1. The highest BCUT2D eigenvalue weighted by atomic mass is 16.5. The van der Waals surface area contributed by atoms with Crippen LogP contribution in [0, 0.1) is 0 Å². The maximum atomic E-state index is 11.9.